The fraction of sp³-hybridized carbons (Fsp3) is 0.714. The molecule has 2 unspecified atom stereocenters. The second-order valence-electron chi connectivity index (χ2n) is 6.01. The molecule has 0 saturated heterocycles. The van der Waals surface area contributed by atoms with Gasteiger partial charge in [-0.25, -0.2) is 0 Å². The highest BCUT2D eigenvalue weighted by Gasteiger charge is 2.40. The van der Waals surface area contributed by atoms with Crippen molar-refractivity contribution in [1.82, 2.24) is 4.90 Å². The summed E-state index contributed by atoms with van der Waals surface area (Å²) in [5.74, 6) is 0.440. The SMILES string of the molecule is CN(Cc1cccs1)CC1CCC(C)(C)C1O. The van der Waals surface area contributed by atoms with Crippen molar-refractivity contribution in [3.63, 3.8) is 0 Å². The summed E-state index contributed by atoms with van der Waals surface area (Å²) >= 11 is 1.81. The van der Waals surface area contributed by atoms with Crippen molar-refractivity contribution in [3.05, 3.63) is 22.4 Å². The van der Waals surface area contributed by atoms with Crippen molar-refractivity contribution in [1.29, 1.82) is 0 Å². The smallest absolute Gasteiger partial charge is 0.0631 e. The molecule has 1 heterocycles. The van der Waals surface area contributed by atoms with Crippen molar-refractivity contribution in [2.24, 2.45) is 11.3 Å². The first-order valence-corrected chi connectivity index (χ1v) is 7.26. The maximum absolute atomic E-state index is 10.3. The van der Waals surface area contributed by atoms with E-state index in [1.165, 1.54) is 4.88 Å². The van der Waals surface area contributed by atoms with Crippen LogP contribution in [0.15, 0.2) is 17.5 Å². The molecule has 0 aromatic carbocycles. The quantitative estimate of drug-likeness (QED) is 0.891. The number of hydrogen-bond acceptors (Lipinski definition) is 3. The van der Waals surface area contributed by atoms with Crippen molar-refractivity contribution >= 4 is 11.3 Å². The first-order valence-electron chi connectivity index (χ1n) is 6.38. The molecule has 1 aromatic heterocycles. The highest BCUT2D eigenvalue weighted by molar-refractivity contribution is 7.09. The van der Waals surface area contributed by atoms with E-state index in [4.69, 9.17) is 0 Å². The Bertz CT molecular complexity index is 347. The maximum Gasteiger partial charge on any atom is 0.0631 e. The van der Waals surface area contributed by atoms with Gasteiger partial charge in [0.25, 0.3) is 0 Å². The Hall–Kier alpha value is -0.380. The van der Waals surface area contributed by atoms with Crippen molar-refractivity contribution in [2.45, 2.75) is 39.3 Å². The predicted octanol–water partition coefficient (Wildman–Crippen LogP) is 2.98. The number of aliphatic hydroxyl groups excluding tert-OH is 1. The first-order chi connectivity index (χ1) is 7.99. The molecule has 3 heteroatoms. The standard InChI is InChI=1S/C14H23NOS/c1-14(2)7-6-11(13(14)16)9-15(3)10-12-5-4-8-17-12/h4-5,8,11,13,16H,6-7,9-10H2,1-3H3. The van der Waals surface area contributed by atoms with Crippen LogP contribution < -0.4 is 0 Å². The van der Waals surface area contributed by atoms with E-state index in [2.05, 4.69) is 43.3 Å². The molecule has 0 spiro atoms. The van der Waals surface area contributed by atoms with E-state index in [9.17, 15) is 5.11 Å². The number of rotatable bonds is 4. The van der Waals surface area contributed by atoms with Crippen LogP contribution in [0.25, 0.3) is 0 Å². The van der Waals surface area contributed by atoms with Gasteiger partial charge < -0.3 is 10.0 Å². The molecule has 1 fully saturated rings. The van der Waals surface area contributed by atoms with Gasteiger partial charge in [-0.3, -0.25) is 0 Å². The summed E-state index contributed by atoms with van der Waals surface area (Å²) in [6.45, 7) is 6.36. The third-order valence-corrected chi connectivity index (χ3v) is 4.82. The van der Waals surface area contributed by atoms with Gasteiger partial charge in [0.15, 0.2) is 0 Å². The van der Waals surface area contributed by atoms with Crippen LogP contribution in [0.3, 0.4) is 0 Å². The maximum atomic E-state index is 10.3. The molecular formula is C14H23NOS. The number of nitrogens with zero attached hydrogens (tertiary/aromatic N) is 1. The molecule has 17 heavy (non-hydrogen) atoms. The molecule has 1 aromatic rings. The lowest BCUT2D eigenvalue weighted by Gasteiger charge is -2.28. The zero-order chi connectivity index (χ0) is 12.5. The molecule has 0 radical (unpaired) electrons. The Balaban J connectivity index is 1.85. The Labute approximate surface area is 108 Å². The lowest BCUT2D eigenvalue weighted by Crippen LogP contribution is -2.34. The van der Waals surface area contributed by atoms with Crippen LogP contribution in [-0.2, 0) is 6.54 Å². The van der Waals surface area contributed by atoms with E-state index in [0.717, 1.165) is 25.9 Å². The zero-order valence-corrected chi connectivity index (χ0v) is 11.8. The molecule has 2 atom stereocenters. The van der Waals surface area contributed by atoms with Gasteiger partial charge in [-0.05, 0) is 42.7 Å². The lowest BCUT2D eigenvalue weighted by atomic mass is 9.87. The van der Waals surface area contributed by atoms with Gasteiger partial charge in [0.05, 0.1) is 6.10 Å². The van der Waals surface area contributed by atoms with Gasteiger partial charge in [-0.1, -0.05) is 19.9 Å². The van der Waals surface area contributed by atoms with Crippen molar-refractivity contribution in [2.75, 3.05) is 13.6 Å². The fourth-order valence-electron chi connectivity index (χ4n) is 2.83. The predicted molar refractivity (Wildman–Crippen MR) is 73.2 cm³/mol. The molecule has 1 N–H and O–H groups in total. The molecule has 2 rings (SSSR count). The van der Waals surface area contributed by atoms with Gasteiger partial charge in [0.1, 0.15) is 0 Å². The number of thiophene rings is 1. The Kier molecular flexibility index (Phi) is 3.91. The van der Waals surface area contributed by atoms with Gasteiger partial charge in [-0.2, -0.15) is 0 Å². The van der Waals surface area contributed by atoms with E-state index in [-0.39, 0.29) is 11.5 Å². The molecule has 2 nitrogen and oxygen atoms in total. The molecule has 0 aliphatic heterocycles. The molecule has 0 amide bonds. The summed E-state index contributed by atoms with van der Waals surface area (Å²) in [6.07, 6.45) is 2.16. The van der Waals surface area contributed by atoms with E-state index in [1.807, 2.05) is 0 Å². The van der Waals surface area contributed by atoms with E-state index >= 15 is 0 Å². The lowest BCUT2D eigenvalue weighted by molar-refractivity contribution is 0.0349. The zero-order valence-electron chi connectivity index (χ0n) is 11.0. The summed E-state index contributed by atoms with van der Waals surface area (Å²) < 4.78 is 0. The van der Waals surface area contributed by atoms with Gasteiger partial charge in [-0.15, -0.1) is 11.3 Å². The monoisotopic (exact) mass is 253 g/mol. The Morgan fingerprint density at radius 1 is 1.53 bits per heavy atom. The van der Waals surface area contributed by atoms with Crippen LogP contribution >= 0.6 is 11.3 Å². The van der Waals surface area contributed by atoms with E-state index in [1.54, 1.807) is 11.3 Å². The topological polar surface area (TPSA) is 23.5 Å². The van der Waals surface area contributed by atoms with E-state index < -0.39 is 0 Å². The normalized spacial score (nSPS) is 27.8. The summed E-state index contributed by atoms with van der Waals surface area (Å²) in [4.78, 5) is 3.74. The van der Waals surface area contributed by atoms with Crippen LogP contribution in [0.2, 0.25) is 0 Å². The van der Waals surface area contributed by atoms with Crippen LogP contribution in [0, 0.1) is 11.3 Å². The number of aliphatic hydroxyl groups is 1. The summed E-state index contributed by atoms with van der Waals surface area (Å²) in [5, 5.41) is 12.4. The van der Waals surface area contributed by atoms with Crippen molar-refractivity contribution in [3.8, 4) is 0 Å². The van der Waals surface area contributed by atoms with Gasteiger partial charge >= 0.3 is 0 Å². The first kappa shape index (κ1) is 13.1. The van der Waals surface area contributed by atoms with Gasteiger partial charge in [0, 0.05) is 18.0 Å². The third kappa shape index (κ3) is 3.09. The summed E-state index contributed by atoms with van der Waals surface area (Å²) in [6, 6.07) is 4.28. The largest absolute Gasteiger partial charge is 0.392 e. The molecular weight excluding hydrogens is 230 g/mol. The molecule has 0 bridgehead atoms. The van der Waals surface area contributed by atoms with Gasteiger partial charge in [0.2, 0.25) is 0 Å². The minimum Gasteiger partial charge on any atom is -0.392 e. The van der Waals surface area contributed by atoms with Crippen LogP contribution in [0.5, 0.6) is 0 Å². The minimum absolute atomic E-state index is 0.106. The Morgan fingerprint density at radius 3 is 2.82 bits per heavy atom. The Morgan fingerprint density at radius 2 is 2.29 bits per heavy atom. The summed E-state index contributed by atoms with van der Waals surface area (Å²) in [7, 11) is 2.15. The second-order valence-corrected chi connectivity index (χ2v) is 7.04. The molecule has 96 valence electrons. The number of hydrogen-bond donors (Lipinski definition) is 1. The average Bonchev–Trinajstić information content (AvgIpc) is 2.82. The third-order valence-electron chi connectivity index (χ3n) is 3.96. The molecule has 1 aliphatic carbocycles. The summed E-state index contributed by atoms with van der Waals surface area (Å²) in [5.41, 5.74) is 0.106. The van der Waals surface area contributed by atoms with Crippen LogP contribution in [-0.4, -0.2) is 29.7 Å². The van der Waals surface area contributed by atoms with Crippen LogP contribution in [0.4, 0.5) is 0 Å². The fourth-order valence-corrected chi connectivity index (χ4v) is 3.61. The van der Waals surface area contributed by atoms with E-state index in [0.29, 0.717) is 5.92 Å². The second kappa shape index (κ2) is 5.09. The minimum atomic E-state index is -0.145. The van der Waals surface area contributed by atoms with Crippen molar-refractivity contribution < 1.29 is 5.11 Å². The highest BCUT2D eigenvalue weighted by Crippen LogP contribution is 2.41. The molecule has 1 aliphatic rings. The average molecular weight is 253 g/mol. The molecule has 1 saturated carbocycles. The highest BCUT2D eigenvalue weighted by atomic mass is 32.1. The van der Waals surface area contributed by atoms with Crippen LogP contribution in [0.1, 0.15) is 31.6 Å².